The summed E-state index contributed by atoms with van der Waals surface area (Å²) in [4.78, 5) is 39.7. The zero-order valence-electron chi connectivity index (χ0n) is 16.8. The minimum absolute atomic E-state index is 0.00351. The quantitative estimate of drug-likeness (QED) is 0.327. The molecule has 10 nitrogen and oxygen atoms in total. The minimum Gasteiger partial charge on any atom is -0.508 e. The van der Waals surface area contributed by atoms with Gasteiger partial charge in [-0.05, 0) is 23.3 Å². The lowest BCUT2D eigenvalue weighted by Gasteiger charge is -2.40. The lowest BCUT2D eigenvalue weighted by atomic mass is 9.78. The predicted octanol–water partition coefficient (Wildman–Crippen LogP) is 2.54. The Kier molecular flexibility index (Phi) is 5.50. The second kappa shape index (κ2) is 8.42. The Morgan fingerprint density at radius 2 is 1.72 bits per heavy atom. The number of carbonyl (C=O) groups excluding carboxylic acids is 1. The molecule has 0 saturated carbocycles. The van der Waals surface area contributed by atoms with Crippen LogP contribution in [0.15, 0.2) is 71.5 Å². The Bertz CT molecular complexity index is 1210. The van der Waals surface area contributed by atoms with E-state index < -0.39 is 22.1 Å². The van der Waals surface area contributed by atoms with Crippen LogP contribution in [-0.2, 0) is 10.4 Å². The van der Waals surface area contributed by atoms with Crippen molar-refractivity contribution in [3.05, 3.63) is 98.3 Å². The van der Waals surface area contributed by atoms with Crippen molar-refractivity contribution >= 4 is 11.7 Å². The molecule has 32 heavy (non-hydrogen) atoms. The summed E-state index contributed by atoms with van der Waals surface area (Å²) in [7, 11) is 0. The summed E-state index contributed by atoms with van der Waals surface area (Å²) < 4.78 is 6.46. The molecular weight excluding hydrogens is 418 g/mol. The van der Waals surface area contributed by atoms with Gasteiger partial charge in [-0.25, -0.2) is 4.57 Å². The second-order valence-corrected chi connectivity index (χ2v) is 7.17. The molecule has 0 aliphatic carbocycles. The highest BCUT2D eigenvalue weighted by Crippen LogP contribution is 2.40. The highest BCUT2D eigenvalue weighted by atomic mass is 17.0. The fourth-order valence-electron chi connectivity index (χ4n) is 3.82. The number of carbonyl (C=O) groups is 1. The van der Waals surface area contributed by atoms with Crippen molar-refractivity contribution in [2.45, 2.75) is 12.0 Å². The Morgan fingerprint density at radius 3 is 2.41 bits per heavy atom. The first kappa shape index (κ1) is 20.9. The van der Waals surface area contributed by atoms with Crippen molar-refractivity contribution in [2.24, 2.45) is 0 Å². The fraction of sp³-hybridized carbons (Fsp3) is 0.182. The number of nitrogens with one attached hydrogen (secondary N) is 1. The topological polar surface area (TPSA) is 133 Å². The van der Waals surface area contributed by atoms with Crippen LogP contribution in [0.2, 0.25) is 0 Å². The summed E-state index contributed by atoms with van der Waals surface area (Å²) in [6, 6.07) is 18.5. The molecule has 164 valence electrons. The number of aromatic hydroxyl groups is 1. The van der Waals surface area contributed by atoms with Crippen molar-refractivity contribution < 1.29 is 24.6 Å². The van der Waals surface area contributed by atoms with Crippen molar-refractivity contribution in [3.63, 3.8) is 0 Å². The number of hydrogen-bond donors (Lipinski definition) is 2. The molecule has 4 rings (SSSR count). The molecular formula is C22H19N3O7. The highest BCUT2D eigenvalue weighted by Gasteiger charge is 2.42. The van der Waals surface area contributed by atoms with Crippen LogP contribution in [0.3, 0.4) is 0 Å². The van der Waals surface area contributed by atoms with E-state index in [1.54, 1.807) is 24.3 Å². The molecule has 2 N–H and O–H groups in total. The third kappa shape index (κ3) is 3.97. The molecule has 1 aliphatic heterocycles. The van der Waals surface area contributed by atoms with E-state index in [2.05, 4.69) is 10.2 Å². The molecule has 0 amide bonds. The third-order valence-electron chi connectivity index (χ3n) is 5.19. The summed E-state index contributed by atoms with van der Waals surface area (Å²) in [5.74, 6) is 0.00336. The first-order valence-electron chi connectivity index (χ1n) is 9.73. The van der Waals surface area contributed by atoms with Crippen LogP contribution < -0.4 is 15.6 Å². The van der Waals surface area contributed by atoms with Gasteiger partial charge in [-0.15, -0.1) is 10.1 Å². The summed E-state index contributed by atoms with van der Waals surface area (Å²) in [6.07, 6.45) is -0.0361. The van der Waals surface area contributed by atoms with E-state index in [1.165, 1.54) is 6.07 Å². The number of fused-ring (bicyclic) bond motifs is 1. The number of rotatable bonds is 7. The van der Waals surface area contributed by atoms with Gasteiger partial charge in [0.2, 0.25) is 5.91 Å². The van der Waals surface area contributed by atoms with Gasteiger partial charge >= 0.3 is 0 Å². The van der Waals surface area contributed by atoms with E-state index in [1.807, 2.05) is 30.3 Å². The minimum atomic E-state index is -0.994. The van der Waals surface area contributed by atoms with Gasteiger partial charge in [0, 0.05) is 12.1 Å². The van der Waals surface area contributed by atoms with E-state index in [0.717, 1.165) is 21.8 Å². The summed E-state index contributed by atoms with van der Waals surface area (Å²) in [5, 5.41) is 22.5. The third-order valence-corrected chi connectivity index (χ3v) is 5.19. The van der Waals surface area contributed by atoms with Crippen molar-refractivity contribution in [3.8, 4) is 11.5 Å². The van der Waals surface area contributed by atoms with Crippen molar-refractivity contribution in [1.82, 2.24) is 4.57 Å². The lowest BCUT2D eigenvalue weighted by Crippen LogP contribution is -2.47. The Labute approximate surface area is 181 Å². The normalized spacial score (nSPS) is 17.2. The maximum atomic E-state index is 13.0. The Balaban J connectivity index is 1.71. The van der Waals surface area contributed by atoms with E-state index in [-0.39, 0.29) is 31.2 Å². The predicted molar refractivity (Wildman–Crippen MR) is 113 cm³/mol. The average Bonchev–Trinajstić information content (AvgIpc) is 2.76. The van der Waals surface area contributed by atoms with Gasteiger partial charge in [0.25, 0.3) is 10.6 Å². The van der Waals surface area contributed by atoms with Gasteiger partial charge in [0.05, 0.1) is 12.0 Å². The van der Waals surface area contributed by atoms with Gasteiger partial charge in [-0.2, -0.15) is 0 Å². The summed E-state index contributed by atoms with van der Waals surface area (Å²) in [5.41, 5.74) is -0.0810. The van der Waals surface area contributed by atoms with Crippen LogP contribution in [-0.4, -0.2) is 33.9 Å². The average molecular weight is 437 g/mol. The lowest BCUT2D eigenvalue weighted by molar-refractivity contribution is -0.757. The zero-order chi connectivity index (χ0) is 22.7. The van der Waals surface area contributed by atoms with Gasteiger partial charge in [0.1, 0.15) is 30.5 Å². The van der Waals surface area contributed by atoms with Crippen LogP contribution in [0, 0.1) is 10.1 Å². The van der Waals surface area contributed by atoms with Gasteiger partial charge < -0.3 is 20.0 Å². The molecule has 2 aromatic carbocycles. The largest absolute Gasteiger partial charge is 0.508 e. The van der Waals surface area contributed by atoms with Crippen LogP contribution >= 0.6 is 0 Å². The van der Waals surface area contributed by atoms with E-state index in [0.29, 0.717) is 5.75 Å². The molecule has 1 atom stereocenters. The van der Waals surface area contributed by atoms with E-state index >= 15 is 0 Å². The molecule has 0 bridgehead atoms. The van der Waals surface area contributed by atoms with Crippen LogP contribution in [0.25, 0.3) is 0 Å². The molecule has 0 radical (unpaired) electrons. The Hall–Kier alpha value is -4.34. The van der Waals surface area contributed by atoms with Gasteiger partial charge in [-0.3, -0.25) is 9.59 Å². The first-order valence-corrected chi connectivity index (χ1v) is 9.73. The Morgan fingerprint density at radius 1 is 1.03 bits per heavy atom. The first-order chi connectivity index (χ1) is 15.4. The van der Waals surface area contributed by atoms with Crippen LogP contribution in [0.4, 0.5) is 5.82 Å². The number of benzene rings is 2. The smallest absolute Gasteiger partial charge is 0.294 e. The standard InChI is InChI=1S/C22H19N3O7/c26-17-12-19-23-22(15-4-2-1-3-5-15,14-21(28)24(19)20(27)13-17)16-6-8-18(9-7-16)31-10-11-32-25(29)30/h1-9,12-13,23,26H,10-11,14H2. The molecule has 3 aromatic rings. The number of nitrogens with zero attached hydrogens (tertiary/aromatic N) is 2. The molecule has 10 heteroatoms. The molecule has 1 aromatic heterocycles. The van der Waals surface area contributed by atoms with Crippen molar-refractivity contribution in [2.75, 3.05) is 18.5 Å². The number of aromatic nitrogens is 1. The zero-order valence-corrected chi connectivity index (χ0v) is 16.8. The summed E-state index contributed by atoms with van der Waals surface area (Å²) >= 11 is 0. The van der Waals surface area contributed by atoms with Gasteiger partial charge in [-0.1, -0.05) is 42.5 Å². The van der Waals surface area contributed by atoms with Crippen LogP contribution in [0.1, 0.15) is 22.3 Å². The monoisotopic (exact) mass is 437 g/mol. The molecule has 0 spiro atoms. The summed E-state index contributed by atoms with van der Waals surface area (Å²) in [6.45, 7) is -0.204. The number of anilines is 1. The fourth-order valence-corrected chi connectivity index (χ4v) is 3.82. The maximum Gasteiger partial charge on any atom is 0.294 e. The number of hydrogen-bond acceptors (Lipinski definition) is 8. The highest BCUT2D eigenvalue weighted by molar-refractivity contribution is 5.88. The number of ether oxygens (including phenoxy) is 1. The SMILES string of the molecule is O=C1CC(c2ccccc2)(c2ccc(OCCO[N+](=O)[O-])cc2)Nc2cc(O)cc(=O)n21. The van der Waals surface area contributed by atoms with Crippen molar-refractivity contribution in [1.29, 1.82) is 0 Å². The maximum absolute atomic E-state index is 13.0. The number of pyridine rings is 1. The van der Waals surface area contributed by atoms with E-state index in [4.69, 9.17) is 4.74 Å². The molecule has 1 unspecified atom stereocenters. The van der Waals surface area contributed by atoms with Crippen LogP contribution in [0.5, 0.6) is 11.5 Å². The molecule has 1 aliphatic rings. The molecule has 0 fully saturated rings. The second-order valence-electron chi connectivity index (χ2n) is 7.17. The molecule has 0 saturated heterocycles. The molecule has 2 heterocycles. The van der Waals surface area contributed by atoms with Gasteiger partial charge in [0.15, 0.2) is 0 Å². The van der Waals surface area contributed by atoms with E-state index in [9.17, 15) is 24.8 Å².